The van der Waals surface area contributed by atoms with E-state index >= 15 is 0 Å². The molecular weight excluding hydrogens is 193 g/mol. The summed E-state index contributed by atoms with van der Waals surface area (Å²) in [4.78, 5) is 13.6. The first kappa shape index (κ1) is 8.26. The van der Waals surface area contributed by atoms with Crippen molar-refractivity contribution in [3.05, 3.63) is 45.6 Å². The lowest BCUT2D eigenvalue weighted by Crippen LogP contribution is -2.05. The Morgan fingerprint density at radius 2 is 2.15 bits per heavy atom. The molecule has 1 aromatic carbocycles. The minimum absolute atomic E-state index is 0.174. The average Bonchev–Trinajstić information content (AvgIpc) is 2.12. The van der Waals surface area contributed by atoms with E-state index in [4.69, 9.17) is 11.6 Å². The molecule has 0 radical (unpaired) electrons. The van der Waals surface area contributed by atoms with Crippen molar-refractivity contribution in [1.29, 1.82) is 0 Å². The summed E-state index contributed by atoms with van der Waals surface area (Å²) in [6.45, 7) is 0. The molecule has 0 fully saturated rings. The number of hydrogen-bond acceptors (Lipinski definition) is 1. The monoisotopic (exact) mass is 197 g/mol. The van der Waals surface area contributed by atoms with Gasteiger partial charge in [0, 0.05) is 11.6 Å². The second kappa shape index (κ2) is 2.85. The number of nitrogens with one attached hydrogen (secondary N) is 1. The molecule has 1 aromatic heterocycles. The lowest BCUT2D eigenvalue weighted by molar-refractivity contribution is 0.639. The Kier molecular flexibility index (Phi) is 1.81. The largest absolute Gasteiger partial charge is 0.327 e. The van der Waals surface area contributed by atoms with Crippen LogP contribution in [0, 0.1) is 5.82 Å². The third-order valence-electron chi connectivity index (χ3n) is 1.83. The van der Waals surface area contributed by atoms with Crippen LogP contribution in [0.15, 0.2) is 29.2 Å². The minimum Gasteiger partial charge on any atom is -0.327 e. The molecule has 0 unspecified atom stereocenters. The number of aromatic nitrogens is 1. The Labute approximate surface area is 78.0 Å². The normalized spacial score (nSPS) is 10.6. The van der Waals surface area contributed by atoms with Crippen molar-refractivity contribution >= 4 is 22.4 Å². The molecule has 0 bridgehead atoms. The van der Waals surface area contributed by atoms with Gasteiger partial charge in [-0.25, -0.2) is 4.39 Å². The SMILES string of the molecule is O=c1[nH]cc(Cl)c2c(F)cccc12. The summed E-state index contributed by atoms with van der Waals surface area (Å²) < 4.78 is 13.2. The summed E-state index contributed by atoms with van der Waals surface area (Å²) in [5, 5.41) is 0.660. The van der Waals surface area contributed by atoms with Crippen LogP contribution in [-0.2, 0) is 0 Å². The maximum atomic E-state index is 13.2. The molecule has 0 saturated heterocycles. The van der Waals surface area contributed by atoms with Crippen molar-refractivity contribution in [3.63, 3.8) is 0 Å². The van der Waals surface area contributed by atoms with Gasteiger partial charge in [-0.3, -0.25) is 4.79 Å². The number of halogens is 2. The zero-order valence-electron chi connectivity index (χ0n) is 6.47. The van der Waals surface area contributed by atoms with Crippen LogP contribution in [0.1, 0.15) is 0 Å². The van der Waals surface area contributed by atoms with E-state index in [0.717, 1.165) is 0 Å². The molecular formula is C9H5ClFNO. The van der Waals surface area contributed by atoms with Crippen LogP contribution in [0.4, 0.5) is 4.39 Å². The fourth-order valence-electron chi connectivity index (χ4n) is 1.23. The van der Waals surface area contributed by atoms with E-state index in [1.54, 1.807) is 0 Å². The van der Waals surface area contributed by atoms with Gasteiger partial charge in [0.25, 0.3) is 5.56 Å². The molecule has 13 heavy (non-hydrogen) atoms. The number of H-pyrrole nitrogens is 1. The molecule has 2 rings (SSSR count). The van der Waals surface area contributed by atoms with Gasteiger partial charge in [0.05, 0.1) is 10.4 Å². The predicted octanol–water partition coefficient (Wildman–Crippen LogP) is 2.32. The van der Waals surface area contributed by atoms with E-state index < -0.39 is 5.82 Å². The molecule has 0 aliphatic heterocycles. The smallest absolute Gasteiger partial charge is 0.256 e. The van der Waals surface area contributed by atoms with Crippen LogP contribution >= 0.6 is 11.6 Å². The summed E-state index contributed by atoms with van der Waals surface area (Å²) in [5.74, 6) is -0.478. The summed E-state index contributed by atoms with van der Waals surface area (Å²) in [7, 11) is 0. The van der Waals surface area contributed by atoms with Gasteiger partial charge in [-0.15, -0.1) is 0 Å². The molecule has 2 aromatic rings. The lowest BCUT2D eigenvalue weighted by Gasteiger charge is -1.99. The quantitative estimate of drug-likeness (QED) is 0.691. The minimum atomic E-state index is -0.478. The highest BCUT2D eigenvalue weighted by Crippen LogP contribution is 2.21. The van der Waals surface area contributed by atoms with Gasteiger partial charge in [-0.2, -0.15) is 0 Å². The Bertz CT molecular complexity index is 512. The van der Waals surface area contributed by atoms with Crippen LogP contribution in [0.2, 0.25) is 5.02 Å². The maximum absolute atomic E-state index is 13.2. The number of aromatic amines is 1. The van der Waals surface area contributed by atoms with Crippen LogP contribution in [0.25, 0.3) is 10.8 Å². The van der Waals surface area contributed by atoms with Gasteiger partial charge in [0.15, 0.2) is 0 Å². The number of rotatable bonds is 0. The molecule has 0 atom stereocenters. The van der Waals surface area contributed by atoms with Gasteiger partial charge in [-0.05, 0) is 12.1 Å². The highest BCUT2D eigenvalue weighted by atomic mass is 35.5. The van der Waals surface area contributed by atoms with E-state index in [1.165, 1.54) is 24.4 Å². The summed E-state index contributed by atoms with van der Waals surface area (Å²) in [6.07, 6.45) is 1.29. The van der Waals surface area contributed by atoms with Crippen molar-refractivity contribution in [1.82, 2.24) is 4.98 Å². The zero-order valence-corrected chi connectivity index (χ0v) is 7.23. The van der Waals surface area contributed by atoms with Crippen molar-refractivity contribution in [2.75, 3.05) is 0 Å². The molecule has 4 heteroatoms. The molecule has 1 N–H and O–H groups in total. The van der Waals surface area contributed by atoms with Gasteiger partial charge in [0.2, 0.25) is 0 Å². The first-order valence-electron chi connectivity index (χ1n) is 3.65. The van der Waals surface area contributed by atoms with Crippen molar-refractivity contribution < 1.29 is 4.39 Å². The highest BCUT2D eigenvalue weighted by molar-refractivity contribution is 6.35. The Morgan fingerprint density at radius 1 is 1.38 bits per heavy atom. The highest BCUT2D eigenvalue weighted by Gasteiger charge is 2.06. The Balaban J connectivity index is 3.09. The van der Waals surface area contributed by atoms with E-state index in [1.807, 2.05) is 0 Å². The summed E-state index contributed by atoms with van der Waals surface area (Å²) >= 11 is 5.72. The molecule has 0 aliphatic rings. The van der Waals surface area contributed by atoms with Gasteiger partial charge in [-0.1, -0.05) is 17.7 Å². The average molecular weight is 198 g/mol. The van der Waals surface area contributed by atoms with Gasteiger partial charge in [0.1, 0.15) is 5.82 Å². The lowest BCUT2D eigenvalue weighted by atomic mass is 10.2. The molecule has 1 heterocycles. The van der Waals surface area contributed by atoms with Crippen LogP contribution in [0.3, 0.4) is 0 Å². The van der Waals surface area contributed by atoms with Crippen LogP contribution in [0.5, 0.6) is 0 Å². The molecule has 0 spiro atoms. The first-order chi connectivity index (χ1) is 6.20. The van der Waals surface area contributed by atoms with E-state index in [2.05, 4.69) is 4.98 Å². The molecule has 0 aliphatic carbocycles. The van der Waals surface area contributed by atoms with Gasteiger partial charge >= 0.3 is 0 Å². The second-order valence-corrected chi connectivity index (χ2v) is 3.04. The first-order valence-corrected chi connectivity index (χ1v) is 4.03. The van der Waals surface area contributed by atoms with E-state index in [9.17, 15) is 9.18 Å². The summed E-state index contributed by atoms with van der Waals surface area (Å²) in [5.41, 5.74) is -0.334. The number of pyridine rings is 1. The third-order valence-corrected chi connectivity index (χ3v) is 2.13. The van der Waals surface area contributed by atoms with Crippen LogP contribution in [-0.4, -0.2) is 4.98 Å². The van der Waals surface area contributed by atoms with E-state index in [0.29, 0.717) is 0 Å². The fourth-order valence-corrected chi connectivity index (χ4v) is 1.48. The molecule has 2 nitrogen and oxygen atoms in total. The predicted molar refractivity (Wildman–Crippen MR) is 49.5 cm³/mol. The fraction of sp³-hybridized carbons (Fsp3) is 0. The molecule has 0 saturated carbocycles. The second-order valence-electron chi connectivity index (χ2n) is 2.63. The molecule has 0 amide bonds. The number of benzene rings is 1. The zero-order chi connectivity index (χ0) is 9.42. The van der Waals surface area contributed by atoms with Crippen molar-refractivity contribution in [2.45, 2.75) is 0 Å². The standard InChI is InChI=1S/C9H5ClFNO/c10-6-4-12-9(13)5-2-1-3-7(11)8(5)6/h1-4H,(H,12,13). The Hall–Kier alpha value is -1.35. The van der Waals surface area contributed by atoms with Crippen molar-refractivity contribution in [2.24, 2.45) is 0 Å². The van der Waals surface area contributed by atoms with Crippen LogP contribution < -0.4 is 5.56 Å². The molecule has 66 valence electrons. The van der Waals surface area contributed by atoms with Crippen molar-refractivity contribution in [3.8, 4) is 0 Å². The number of fused-ring (bicyclic) bond motifs is 1. The van der Waals surface area contributed by atoms with Gasteiger partial charge < -0.3 is 4.98 Å². The Morgan fingerprint density at radius 3 is 2.85 bits per heavy atom. The summed E-state index contributed by atoms with van der Waals surface area (Å²) in [6, 6.07) is 4.28. The van der Waals surface area contributed by atoms with E-state index in [-0.39, 0.29) is 21.4 Å². The topological polar surface area (TPSA) is 32.9 Å². The number of hydrogen-bond donors (Lipinski definition) is 1. The maximum Gasteiger partial charge on any atom is 0.256 e. The third kappa shape index (κ3) is 1.21.